The van der Waals surface area contributed by atoms with Gasteiger partial charge in [0.15, 0.2) is 0 Å². The van der Waals surface area contributed by atoms with Crippen LogP contribution in [0.2, 0.25) is 5.04 Å². The Labute approximate surface area is 170 Å². The molecule has 2 heteroatoms. The normalized spacial score (nSPS) is 17.2. The van der Waals surface area contributed by atoms with Crippen LogP contribution in [0.1, 0.15) is 38.3 Å². The SMILES string of the molecule is CC(C)(C)[Si](O[C@@H]1CCc2ccccc2C1)(c1ccccc1)c1ccccc1. The van der Waals surface area contributed by atoms with Crippen LogP contribution in [0.3, 0.4) is 0 Å². The van der Waals surface area contributed by atoms with E-state index in [1.54, 1.807) is 0 Å². The van der Waals surface area contributed by atoms with Crippen LogP contribution in [0.25, 0.3) is 0 Å². The van der Waals surface area contributed by atoms with Gasteiger partial charge in [-0.25, -0.2) is 0 Å². The van der Waals surface area contributed by atoms with E-state index < -0.39 is 8.32 Å². The average Bonchev–Trinajstić information content (AvgIpc) is 2.72. The number of rotatable bonds is 4. The molecule has 0 bridgehead atoms. The van der Waals surface area contributed by atoms with Gasteiger partial charge in [-0.15, -0.1) is 0 Å². The maximum Gasteiger partial charge on any atom is 0.261 e. The molecule has 0 fully saturated rings. The van der Waals surface area contributed by atoms with Crippen molar-refractivity contribution in [2.75, 3.05) is 0 Å². The van der Waals surface area contributed by atoms with E-state index in [2.05, 4.69) is 106 Å². The van der Waals surface area contributed by atoms with Gasteiger partial charge >= 0.3 is 0 Å². The molecule has 0 saturated heterocycles. The molecule has 1 aliphatic rings. The summed E-state index contributed by atoms with van der Waals surface area (Å²) in [5.74, 6) is 0. The third-order valence-corrected chi connectivity index (χ3v) is 11.2. The number of aryl methyl sites for hydroxylation is 1. The van der Waals surface area contributed by atoms with Crippen molar-refractivity contribution in [1.82, 2.24) is 0 Å². The van der Waals surface area contributed by atoms with Gasteiger partial charge in [-0.05, 0) is 45.8 Å². The zero-order valence-corrected chi connectivity index (χ0v) is 18.2. The first-order valence-corrected chi connectivity index (χ1v) is 12.3. The molecule has 0 heterocycles. The second-order valence-corrected chi connectivity index (χ2v) is 13.2. The molecule has 144 valence electrons. The maximum atomic E-state index is 7.31. The molecule has 0 aromatic heterocycles. The fourth-order valence-electron chi connectivity index (χ4n) is 4.71. The van der Waals surface area contributed by atoms with Crippen LogP contribution in [0.5, 0.6) is 0 Å². The molecule has 4 rings (SSSR count). The predicted octanol–water partition coefficient (Wildman–Crippen LogP) is 5.12. The Morgan fingerprint density at radius 1 is 0.714 bits per heavy atom. The summed E-state index contributed by atoms with van der Waals surface area (Å²) in [5.41, 5.74) is 2.95. The van der Waals surface area contributed by atoms with Gasteiger partial charge in [0, 0.05) is 0 Å². The number of fused-ring (bicyclic) bond motifs is 1. The highest BCUT2D eigenvalue weighted by Gasteiger charge is 2.51. The zero-order chi connectivity index (χ0) is 19.6. The first-order valence-electron chi connectivity index (χ1n) is 10.4. The second kappa shape index (κ2) is 7.69. The van der Waals surface area contributed by atoms with Crippen molar-refractivity contribution < 1.29 is 4.43 Å². The minimum absolute atomic E-state index is 0.0344. The van der Waals surface area contributed by atoms with E-state index >= 15 is 0 Å². The minimum Gasteiger partial charge on any atom is -0.404 e. The van der Waals surface area contributed by atoms with Gasteiger partial charge in [0.1, 0.15) is 0 Å². The molecule has 3 aromatic carbocycles. The number of hydrogen-bond donors (Lipinski definition) is 0. The smallest absolute Gasteiger partial charge is 0.261 e. The summed E-state index contributed by atoms with van der Waals surface area (Å²) < 4.78 is 7.31. The Kier molecular flexibility index (Phi) is 5.26. The molecular formula is C26H30OSi. The molecule has 0 amide bonds. The topological polar surface area (TPSA) is 9.23 Å². The van der Waals surface area contributed by atoms with Crippen molar-refractivity contribution in [3.63, 3.8) is 0 Å². The molecule has 0 aliphatic heterocycles. The molecule has 0 radical (unpaired) electrons. The lowest BCUT2D eigenvalue weighted by molar-refractivity contribution is 0.171. The molecular weight excluding hydrogens is 356 g/mol. The van der Waals surface area contributed by atoms with Gasteiger partial charge in [0.25, 0.3) is 8.32 Å². The van der Waals surface area contributed by atoms with Crippen LogP contribution in [-0.2, 0) is 17.3 Å². The molecule has 0 unspecified atom stereocenters. The van der Waals surface area contributed by atoms with E-state index in [1.807, 2.05) is 0 Å². The summed E-state index contributed by atoms with van der Waals surface area (Å²) in [6.07, 6.45) is 3.49. The molecule has 0 spiro atoms. The van der Waals surface area contributed by atoms with E-state index in [4.69, 9.17) is 4.43 Å². The van der Waals surface area contributed by atoms with Crippen molar-refractivity contribution in [3.8, 4) is 0 Å². The highest BCUT2D eigenvalue weighted by molar-refractivity contribution is 6.99. The lowest BCUT2D eigenvalue weighted by Gasteiger charge is -2.46. The van der Waals surface area contributed by atoms with E-state index in [1.165, 1.54) is 21.5 Å². The van der Waals surface area contributed by atoms with Crippen LogP contribution in [0.4, 0.5) is 0 Å². The second-order valence-electron chi connectivity index (χ2n) is 8.91. The Balaban J connectivity index is 1.80. The molecule has 0 saturated carbocycles. The minimum atomic E-state index is -2.46. The van der Waals surface area contributed by atoms with Crippen molar-refractivity contribution in [3.05, 3.63) is 96.1 Å². The van der Waals surface area contributed by atoms with Gasteiger partial charge in [-0.2, -0.15) is 0 Å². The molecule has 0 N–H and O–H groups in total. The lowest BCUT2D eigenvalue weighted by Crippen LogP contribution is -2.68. The van der Waals surface area contributed by atoms with Crippen molar-refractivity contribution in [2.24, 2.45) is 0 Å². The van der Waals surface area contributed by atoms with E-state index in [-0.39, 0.29) is 11.1 Å². The quantitative estimate of drug-likeness (QED) is 0.566. The Morgan fingerprint density at radius 3 is 1.75 bits per heavy atom. The van der Waals surface area contributed by atoms with Crippen LogP contribution in [0, 0.1) is 0 Å². The number of hydrogen-bond acceptors (Lipinski definition) is 1. The Hall–Kier alpha value is -2.16. The van der Waals surface area contributed by atoms with Crippen molar-refractivity contribution in [1.29, 1.82) is 0 Å². The average molecular weight is 387 g/mol. The summed E-state index contributed by atoms with van der Waals surface area (Å²) in [6, 6.07) is 30.8. The summed E-state index contributed by atoms with van der Waals surface area (Å²) in [7, 11) is -2.46. The number of benzene rings is 3. The van der Waals surface area contributed by atoms with E-state index in [9.17, 15) is 0 Å². The molecule has 1 nitrogen and oxygen atoms in total. The first-order chi connectivity index (χ1) is 13.5. The van der Waals surface area contributed by atoms with Gasteiger partial charge < -0.3 is 4.43 Å². The summed E-state index contributed by atoms with van der Waals surface area (Å²) in [4.78, 5) is 0. The molecule has 3 aromatic rings. The van der Waals surface area contributed by atoms with Crippen LogP contribution in [0.15, 0.2) is 84.9 Å². The predicted molar refractivity (Wildman–Crippen MR) is 121 cm³/mol. The van der Waals surface area contributed by atoms with Gasteiger partial charge in [0.2, 0.25) is 0 Å². The molecule has 1 aliphatic carbocycles. The van der Waals surface area contributed by atoms with Crippen LogP contribution in [-0.4, -0.2) is 14.4 Å². The Bertz CT molecular complexity index is 872. The first kappa shape index (κ1) is 19.2. The van der Waals surface area contributed by atoms with Gasteiger partial charge in [-0.3, -0.25) is 0 Å². The van der Waals surface area contributed by atoms with Crippen LogP contribution >= 0.6 is 0 Å². The summed E-state index contributed by atoms with van der Waals surface area (Å²) in [5, 5.41) is 2.77. The lowest BCUT2D eigenvalue weighted by atomic mass is 9.90. The standard InChI is InChI=1S/C26H30OSi/c1-26(2,3)28(24-14-6-4-7-15-24,25-16-8-5-9-17-25)27-23-19-18-21-12-10-11-13-22(21)20-23/h4-17,23H,18-20H2,1-3H3/t23-/m1/s1. The Morgan fingerprint density at radius 2 is 1.21 bits per heavy atom. The maximum absolute atomic E-state index is 7.31. The fourth-order valence-corrected chi connectivity index (χ4v) is 9.42. The highest BCUT2D eigenvalue weighted by Crippen LogP contribution is 2.39. The van der Waals surface area contributed by atoms with Crippen LogP contribution < -0.4 is 10.4 Å². The molecule has 1 atom stereocenters. The highest BCUT2D eigenvalue weighted by atomic mass is 28.4. The largest absolute Gasteiger partial charge is 0.404 e. The fraction of sp³-hybridized carbons (Fsp3) is 0.308. The van der Waals surface area contributed by atoms with Gasteiger partial charge in [-0.1, -0.05) is 106 Å². The summed E-state index contributed by atoms with van der Waals surface area (Å²) >= 11 is 0. The van der Waals surface area contributed by atoms with Crippen molar-refractivity contribution in [2.45, 2.75) is 51.2 Å². The third kappa shape index (κ3) is 3.47. The monoisotopic (exact) mass is 386 g/mol. The third-order valence-electron chi connectivity index (χ3n) is 6.06. The van der Waals surface area contributed by atoms with Gasteiger partial charge in [0.05, 0.1) is 6.10 Å². The van der Waals surface area contributed by atoms with E-state index in [0.717, 1.165) is 19.3 Å². The van der Waals surface area contributed by atoms with E-state index in [0.29, 0.717) is 0 Å². The van der Waals surface area contributed by atoms with Crippen molar-refractivity contribution >= 4 is 18.7 Å². The zero-order valence-electron chi connectivity index (χ0n) is 17.2. The molecule has 28 heavy (non-hydrogen) atoms. The summed E-state index contributed by atoms with van der Waals surface area (Å²) in [6.45, 7) is 7.07.